The van der Waals surface area contributed by atoms with Gasteiger partial charge in [0.15, 0.2) is 0 Å². The molecule has 0 fully saturated rings. The van der Waals surface area contributed by atoms with Gasteiger partial charge < -0.3 is 19.8 Å². The molecule has 0 aliphatic heterocycles. The summed E-state index contributed by atoms with van der Waals surface area (Å²) < 4.78 is 23.8. The lowest BCUT2D eigenvalue weighted by Crippen LogP contribution is -2.45. The Morgan fingerprint density at radius 1 is 0.422 bits per heavy atom. The van der Waals surface area contributed by atoms with Gasteiger partial charge in [-0.25, -0.2) is 4.57 Å². The van der Waals surface area contributed by atoms with Crippen molar-refractivity contribution in [3.8, 4) is 0 Å². The molecule has 0 radical (unpaired) electrons. The van der Waals surface area contributed by atoms with E-state index in [0.717, 1.165) is 96.3 Å². The zero-order valence-corrected chi connectivity index (χ0v) is 55.3. The summed E-state index contributed by atoms with van der Waals surface area (Å²) in [5.41, 5.74) is 0. The molecule has 0 spiro atoms. The molecule has 3 N–H and O–H groups in total. The van der Waals surface area contributed by atoms with Crippen LogP contribution < -0.4 is 5.32 Å². The maximum Gasteiger partial charge on any atom is 0.472 e. The number of phosphoric acid groups is 1. The van der Waals surface area contributed by atoms with E-state index in [0.29, 0.717) is 23.9 Å². The van der Waals surface area contributed by atoms with Crippen LogP contribution in [0.3, 0.4) is 0 Å². The van der Waals surface area contributed by atoms with Crippen molar-refractivity contribution in [3.63, 3.8) is 0 Å². The molecule has 3 unspecified atom stereocenters. The van der Waals surface area contributed by atoms with Crippen LogP contribution in [0.5, 0.6) is 0 Å². The smallest absolute Gasteiger partial charge is 0.387 e. The molecular weight excluding hydrogens is 1040 g/mol. The molecule has 0 bridgehead atoms. The van der Waals surface area contributed by atoms with Crippen LogP contribution in [0.15, 0.2) is 134 Å². The number of amides is 1. The predicted octanol–water partition coefficient (Wildman–Crippen LogP) is 21.8. The molecule has 1 amide bonds. The minimum Gasteiger partial charge on any atom is -0.387 e. The molecule has 9 heteroatoms. The van der Waals surface area contributed by atoms with Crippen LogP contribution in [-0.2, 0) is 18.4 Å². The standard InChI is InChI=1S/C74H129N2O6P/c1-6-8-10-12-14-16-18-20-22-24-26-28-30-32-34-36-38-40-42-44-46-48-50-52-54-56-58-60-62-64-66-68-74(78)75-72(71-82-83(79,80)81-70-69-76(3,4)5)73(77)67-65-63-61-59-57-55-53-51-49-47-45-43-41-39-37-35-33-31-29-27-25-23-21-19-17-15-13-11-9-7-2/h8,10,14,16,20,22,26,28,32,34,38,40,44,46,50,52,56-59,65,67,72-73,77H,6-7,9,11-13,15,17-19,21,23-25,27,29-31,33,35-37,39,41-43,45,47-49,51,53-55,60-64,66,68-71H2,1-5H3,(H-,75,78,79,80)/p+1/b10-8-,16-14-,22-20-,28-26-,34-32-,40-38-,46-44-,52-50-,58-56-,59-57+,67-65+. The van der Waals surface area contributed by atoms with Crippen molar-refractivity contribution in [1.29, 1.82) is 0 Å². The number of allylic oxidation sites excluding steroid dienone is 21. The van der Waals surface area contributed by atoms with Crippen molar-refractivity contribution in [2.24, 2.45) is 0 Å². The Hall–Kier alpha value is -3.36. The first-order chi connectivity index (χ1) is 40.5. The summed E-state index contributed by atoms with van der Waals surface area (Å²) in [6.45, 7) is 4.66. The number of nitrogens with one attached hydrogen (secondary N) is 1. The van der Waals surface area contributed by atoms with Crippen molar-refractivity contribution in [2.45, 2.75) is 289 Å². The first-order valence-corrected chi connectivity index (χ1v) is 35.6. The quantitative estimate of drug-likeness (QED) is 0.0243. The zero-order chi connectivity index (χ0) is 60.5. The van der Waals surface area contributed by atoms with E-state index >= 15 is 0 Å². The summed E-state index contributed by atoms with van der Waals surface area (Å²) in [5, 5.41) is 14.0. The van der Waals surface area contributed by atoms with Crippen LogP contribution in [-0.4, -0.2) is 73.4 Å². The molecule has 0 saturated heterocycles. The van der Waals surface area contributed by atoms with Gasteiger partial charge in [-0.2, -0.15) is 0 Å². The topological polar surface area (TPSA) is 105 Å². The number of unbranched alkanes of at least 4 members (excludes halogenated alkanes) is 28. The second kappa shape index (κ2) is 63.2. The third-order valence-electron chi connectivity index (χ3n) is 14.6. The van der Waals surface area contributed by atoms with Gasteiger partial charge in [-0.05, 0) is 103 Å². The van der Waals surface area contributed by atoms with Gasteiger partial charge in [0, 0.05) is 6.42 Å². The van der Waals surface area contributed by atoms with Crippen LogP contribution in [0.2, 0.25) is 0 Å². The van der Waals surface area contributed by atoms with Gasteiger partial charge in [0.25, 0.3) is 0 Å². The van der Waals surface area contributed by atoms with E-state index in [9.17, 15) is 19.4 Å². The average Bonchev–Trinajstić information content (AvgIpc) is 3.49. The van der Waals surface area contributed by atoms with Crippen molar-refractivity contribution in [2.75, 3.05) is 40.9 Å². The fourth-order valence-electron chi connectivity index (χ4n) is 9.35. The number of carbonyl (C=O) groups is 1. The number of quaternary nitrogens is 1. The number of hydrogen-bond donors (Lipinski definition) is 3. The molecule has 0 saturated carbocycles. The van der Waals surface area contributed by atoms with Gasteiger partial charge in [-0.15, -0.1) is 0 Å². The SMILES string of the molecule is CC/C=C\C/C=C\C/C=C\C/C=C\C/C=C\C/C=C\C/C=C\C/C=C\C/C=C\CCCCCC(=O)NC(COP(=O)(O)OCC[N+](C)(C)C)C(O)/C=C/CC/C=C/CCCCCCCCCCCCCCCCCCCCCCCCCC. The van der Waals surface area contributed by atoms with Gasteiger partial charge in [0.1, 0.15) is 13.2 Å². The molecular formula is C74H130N2O6P+. The molecule has 0 rings (SSSR count). The maximum atomic E-state index is 13.0. The highest BCUT2D eigenvalue weighted by molar-refractivity contribution is 7.47. The van der Waals surface area contributed by atoms with Crippen LogP contribution in [0.4, 0.5) is 0 Å². The van der Waals surface area contributed by atoms with Gasteiger partial charge in [0.2, 0.25) is 5.91 Å². The monoisotopic (exact) mass is 1170 g/mol. The molecule has 0 aliphatic rings. The zero-order valence-electron chi connectivity index (χ0n) is 54.4. The number of phosphoric ester groups is 1. The second-order valence-corrected chi connectivity index (χ2v) is 25.3. The van der Waals surface area contributed by atoms with Gasteiger partial charge in [-0.1, -0.05) is 302 Å². The molecule has 476 valence electrons. The Morgan fingerprint density at radius 3 is 1.11 bits per heavy atom. The summed E-state index contributed by atoms with van der Waals surface area (Å²) in [6.07, 6.45) is 96.0. The Labute approximate surface area is 513 Å². The summed E-state index contributed by atoms with van der Waals surface area (Å²) in [5.74, 6) is -0.222. The molecule has 0 aromatic heterocycles. The van der Waals surface area contributed by atoms with Crippen molar-refractivity contribution < 1.29 is 32.9 Å². The molecule has 3 atom stereocenters. The fourth-order valence-corrected chi connectivity index (χ4v) is 10.1. The van der Waals surface area contributed by atoms with E-state index in [2.05, 4.69) is 141 Å². The number of nitrogens with zero attached hydrogens (tertiary/aromatic N) is 1. The number of likely N-dealkylation sites (N-methyl/N-ethyl adjacent to an activating group) is 1. The number of carbonyl (C=O) groups excluding carboxylic acids is 1. The number of aliphatic hydroxyl groups is 1. The minimum atomic E-state index is -4.38. The van der Waals surface area contributed by atoms with Crippen molar-refractivity contribution in [1.82, 2.24) is 5.32 Å². The van der Waals surface area contributed by atoms with Gasteiger partial charge >= 0.3 is 7.82 Å². The van der Waals surface area contributed by atoms with E-state index in [1.807, 2.05) is 27.2 Å². The van der Waals surface area contributed by atoms with E-state index in [-0.39, 0.29) is 19.1 Å². The number of aliphatic hydroxyl groups excluding tert-OH is 1. The third-order valence-corrected chi connectivity index (χ3v) is 15.6. The van der Waals surface area contributed by atoms with E-state index in [1.54, 1.807) is 6.08 Å². The summed E-state index contributed by atoms with van der Waals surface area (Å²) >= 11 is 0. The lowest BCUT2D eigenvalue weighted by molar-refractivity contribution is -0.870. The van der Waals surface area contributed by atoms with Crippen molar-refractivity contribution in [3.05, 3.63) is 134 Å². The molecule has 0 aromatic carbocycles. The van der Waals surface area contributed by atoms with Crippen LogP contribution in [0.25, 0.3) is 0 Å². The Morgan fingerprint density at radius 2 is 0.735 bits per heavy atom. The molecule has 8 nitrogen and oxygen atoms in total. The maximum absolute atomic E-state index is 13.0. The molecule has 0 aromatic rings. The Balaban J connectivity index is 4.26. The lowest BCUT2D eigenvalue weighted by Gasteiger charge is -2.25. The highest BCUT2D eigenvalue weighted by Gasteiger charge is 2.27. The minimum absolute atomic E-state index is 0.0419. The van der Waals surface area contributed by atoms with Crippen LogP contribution in [0, 0.1) is 0 Å². The highest BCUT2D eigenvalue weighted by Crippen LogP contribution is 2.43. The number of rotatable bonds is 61. The fraction of sp³-hybridized carbons (Fsp3) is 0.689. The molecule has 0 aliphatic carbocycles. The lowest BCUT2D eigenvalue weighted by atomic mass is 10.0. The van der Waals surface area contributed by atoms with Crippen LogP contribution >= 0.6 is 7.82 Å². The first kappa shape index (κ1) is 79.6. The van der Waals surface area contributed by atoms with E-state index in [1.165, 1.54) is 154 Å². The molecule has 83 heavy (non-hydrogen) atoms. The summed E-state index contributed by atoms with van der Waals surface area (Å²) in [7, 11) is 1.52. The van der Waals surface area contributed by atoms with Gasteiger partial charge in [-0.3, -0.25) is 13.8 Å². The van der Waals surface area contributed by atoms with E-state index < -0.39 is 20.0 Å². The van der Waals surface area contributed by atoms with E-state index in [4.69, 9.17) is 9.05 Å². The van der Waals surface area contributed by atoms with Crippen molar-refractivity contribution >= 4 is 13.7 Å². The summed E-state index contributed by atoms with van der Waals surface area (Å²) in [4.78, 5) is 23.4. The van der Waals surface area contributed by atoms with Crippen LogP contribution in [0.1, 0.15) is 277 Å². The first-order valence-electron chi connectivity index (χ1n) is 34.1. The Kier molecular flexibility index (Phi) is 60.6. The predicted molar refractivity (Wildman–Crippen MR) is 364 cm³/mol. The second-order valence-electron chi connectivity index (χ2n) is 23.8. The highest BCUT2D eigenvalue weighted by atomic mass is 31.2. The largest absolute Gasteiger partial charge is 0.472 e. The normalized spacial score (nSPS) is 14.5. The number of hydrogen-bond acceptors (Lipinski definition) is 5. The van der Waals surface area contributed by atoms with Gasteiger partial charge in [0.05, 0.1) is 39.9 Å². The third kappa shape index (κ3) is 66.0. The average molecular weight is 1170 g/mol. The molecule has 0 heterocycles. The summed E-state index contributed by atoms with van der Waals surface area (Å²) in [6, 6.07) is -0.894. The Bertz CT molecular complexity index is 1810.